The number of fused-ring (bicyclic) bond motifs is 1. The van der Waals surface area contributed by atoms with Gasteiger partial charge in [-0.05, 0) is 32.0 Å². The molecule has 4 heterocycles. The highest BCUT2D eigenvalue weighted by Gasteiger charge is 2.36. The van der Waals surface area contributed by atoms with Gasteiger partial charge < -0.3 is 0 Å². The molecule has 0 saturated carbocycles. The maximum absolute atomic E-state index is 13.0. The smallest absolute Gasteiger partial charge is 0.296 e. The van der Waals surface area contributed by atoms with E-state index in [0.29, 0.717) is 22.8 Å². The average Bonchev–Trinajstić information content (AvgIpc) is 3.26. The lowest BCUT2D eigenvalue weighted by Crippen LogP contribution is -2.19. The van der Waals surface area contributed by atoms with Gasteiger partial charge in [-0.2, -0.15) is 18.3 Å². The zero-order valence-corrected chi connectivity index (χ0v) is 13.4. The third kappa shape index (κ3) is 2.89. The Bertz CT molecular complexity index is 863. The summed E-state index contributed by atoms with van der Waals surface area (Å²) in [5.41, 5.74) is -0.112. The van der Waals surface area contributed by atoms with E-state index in [0.717, 1.165) is 17.8 Å². The third-order valence-electron chi connectivity index (χ3n) is 4.07. The first-order valence-electron chi connectivity index (χ1n) is 7.59. The lowest BCUT2D eigenvalue weighted by atomic mass is 10.2. The first kappa shape index (κ1) is 15.5. The van der Waals surface area contributed by atoms with Gasteiger partial charge in [0.1, 0.15) is 11.5 Å². The predicted molar refractivity (Wildman–Crippen MR) is 84.5 cm³/mol. The molecule has 1 saturated heterocycles. The molecule has 5 nitrogen and oxygen atoms in total. The second-order valence-electron chi connectivity index (χ2n) is 5.79. The summed E-state index contributed by atoms with van der Waals surface area (Å²) in [6.07, 6.45) is 0.799. The monoisotopic (exact) mass is 353 g/mol. The minimum atomic E-state index is -4.46. The Morgan fingerprint density at radius 2 is 2.00 bits per heavy atom. The summed E-state index contributed by atoms with van der Waals surface area (Å²) < 4.78 is 39.8. The van der Waals surface area contributed by atoms with E-state index in [1.807, 2.05) is 5.10 Å². The predicted octanol–water partition coefficient (Wildman–Crippen LogP) is 3.70. The van der Waals surface area contributed by atoms with Gasteiger partial charge in [0.05, 0.1) is 23.0 Å². The highest BCUT2D eigenvalue weighted by molar-refractivity contribution is 7.22. The summed E-state index contributed by atoms with van der Waals surface area (Å²) in [5, 5.41) is 5.58. The summed E-state index contributed by atoms with van der Waals surface area (Å²) in [4.78, 5) is 11.6. The van der Waals surface area contributed by atoms with Crippen molar-refractivity contribution in [3.8, 4) is 10.4 Å². The Kier molecular flexibility index (Phi) is 3.76. The maximum atomic E-state index is 13.0. The van der Waals surface area contributed by atoms with Crippen molar-refractivity contribution < 1.29 is 13.2 Å². The fraction of sp³-hybridized carbons (Fsp3) is 0.400. The molecule has 0 amide bonds. The van der Waals surface area contributed by atoms with E-state index >= 15 is 0 Å². The summed E-state index contributed by atoms with van der Waals surface area (Å²) in [6, 6.07) is 1.68. The zero-order chi connectivity index (χ0) is 16.7. The number of nitrogens with zero attached hydrogens (tertiary/aromatic N) is 4. The molecule has 0 unspecified atom stereocenters. The van der Waals surface area contributed by atoms with E-state index in [4.69, 9.17) is 0 Å². The van der Waals surface area contributed by atoms with Crippen LogP contribution in [0.3, 0.4) is 0 Å². The fourth-order valence-corrected chi connectivity index (χ4v) is 3.90. The van der Waals surface area contributed by atoms with Crippen LogP contribution in [0.5, 0.6) is 0 Å². The van der Waals surface area contributed by atoms with Crippen molar-refractivity contribution in [3.63, 3.8) is 0 Å². The van der Waals surface area contributed by atoms with Crippen molar-refractivity contribution in [2.24, 2.45) is 0 Å². The van der Waals surface area contributed by atoms with Crippen molar-refractivity contribution in [1.29, 1.82) is 0 Å². The van der Waals surface area contributed by atoms with Crippen LogP contribution in [0.1, 0.15) is 24.4 Å². The number of hydrogen-bond acceptors (Lipinski definition) is 5. The number of nitrogens with one attached hydrogen (secondary N) is 1. The van der Waals surface area contributed by atoms with Crippen LogP contribution in [-0.2, 0) is 12.7 Å². The molecule has 3 aromatic heterocycles. The molecule has 0 aromatic carbocycles. The van der Waals surface area contributed by atoms with Crippen LogP contribution in [0.2, 0.25) is 0 Å². The van der Waals surface area contributed by atoms with Gasteiger partial charge in [-0.3, -0.25) is 10.00 Å². The topological polar surface area (TPSA) is 57.7 Å². The number of aromatic amines is 1. The Balaban J connectivity index is 1.67. The molecule has 1 N–H and O–H groups in total. The largest absolute Gasteiger partial charge is 0.433 e. The van der Waals surface area contributed by atoms with Crippen molar-refractivity contribution >= 4 is 21.6 Å². The molecular weight excluding hydrogens is 339 g/mol. The van der Waals surface area contributed by atoms with E-state index in [9.17, 15) is 13.2 Å². The molecular formula is C15H14F3N5S. The van der Waals surface area contributed by atoms with Crippen molar-refractivity contribution in [1.82, 2.24) is 25.1 Å². The zero-order valence-electron chi connectivity index (χ0n) is 12.6. The van der Waals surface area contributed by atoms with E-state index in [1.54, 1.807) is 12.3 Å². The van der Waals surface area contributed by atoms with Crippen molar-refractivity contribution in [3.05, 3.63) is 30.0 Å². The Morgan fingerprint density at radius 1 is 1.21 bits per heavy atom. The molecule has 1 fully saturated rings. The molecule has 0 atom stereocenters. The van der Waals surface area contributed by atoms with E-state index < -0.39 is 11.9 Å². The number of likely N-dealkylation sites (tertiary alicyclic amines) is 1. The molecule has 9 heteroatoms. The molecule has 0 aliphatic carbocycles. The highest BCUT2D eigenvalue weighted by atomic mass is 32.1. The first-order chi connectivity index (χ1) is 11.5. The van der Waals surface area contributed by atoms with Gasteiger partial charge in [0.25, 0.3) is 0 Å². The molecule has 0 bridgehead atoms. The lowest BCUT2D eigenvalue weighted by Gasteiger charge is -2.12. The summed E-state index contributed by atoms with van der Waals surface area (Å²) in [7, 11) is 0. The standard InChI is InChI=1S/C15H14F3N5S/c16-15(17,18)14-9(6-20-22-14)11-5-10-12(24-11)7-19-13(21-10)8-23-3-1-2-4-23/h5-7H,1-4,8H2,(H,20,22). The normalized spacial score (nSPS) is 16.3. The van der Waals surface area contributed by atoms with Crippen LogP contribution >= 0.6 is 11.3 Å². The van der Waals surface area contributed by atoms with Crippen molar-refractivity contribution in [2.75, 3.05) is 13.1 Å². The molecule has 0 radical (unpaired) electrons. The van der Waals surface area contributed by atoms with Gasteiger partial charge in [-0.1, -0.05) is 0 Å². The number of rotatable bonds is 3. The Labute approximate surface area is 139 Å². The van der Waals surface area contributed by atoms with Gasteiger partial charge in [0.2, 0.25) is 0 Å². The summed E-state index contributed by atoms with van der Waals surface area (Å²) >= 11 is 1.24. The molecule has 3 aromatic rings. The second-order valence-corrected chi connectivity index (χ2v) is 6.87. The van der Waals surface area contributed by atoms with Crippen LogP contribution in [0.15, 0.2) is 18.5 Å². The Hall–Kier alpha value is -2.00. The average molecular weight is 353 g/mol. The summed E-state index contributed by atoms with van der Waals surface area (Å²) in [5.74, 6) is 0.706. The second kappa shape index (κ2) is 5.82. The number of alkyl halides is 3. The van der Waals surface area contributed by atoms with E-state index in [1.165, 1.54) is 30.4 Å². The van der Waals surface area contributed by atoms with Gasteiger partial charge in [-0.15, -0.1) is 11.3 Å². The van der Waals surface area contributed by atoms with Gasteiger partial charge in [-0.25, -0.2) is 9.97 Å². The Morgan fingerprint density at radius 3 is 2.75 bits per heavy atom. The number of hydrogen-bond donors (Lipinski definition) is 1. The van der Waals surface area contributed by atoms with Crippen LogP contribution in [-0.4, -0.2) is 38.2 Å². The fourth-order valence-electron chi connectivity index (χ4n) is 2.92. The van der Waals surface area contributed by atoms with E-state index in [-0.39, 0.29) is 5.56 Å². The van der Waals surface area contributed by atoms with Gasteiger partial charge >= 0.3 is 6.18 Å². The molecule has 0 spiro atoms. The molecule has 24 heavy (non-hydrogen) atoms. The van der Waals surface area contributed by atoms with E-state index in [2.05, 4.69) is 20.0 Å². The molecule has 126 valence electrons. The first-order valence-corrected chi connectivity index (χ1v) is 8.41. The third-order valence-corrected chi connectivity index (χ3v) is 5.16. The van der Waals surface area contributed by atoms with Gasteiger partial charge in [0.15, 0.2) is 0 Å². The lowest BCUT2D eigenvalue weighted by molar-refractivity contribution is -0.140. The number of H-pyrrole nitrogens is 1. The number of thiophene rings is 1. The highest BCUT2D eigenvalue weighted by Crippen LogP contribution is 2.39. The molecule has 4 rings (SSSR count). The minimum Gasteiger partial charge on any atom is -0.296 e. The minimum absolute atomic E-state index is 0.0478. The van der Waals surface area contributed by atoms with Crippen LogP contribution < -0.4 is 0 Å². The van der Waals surface area contributed by atoms with Crippen LogP contribution in [0.4, 0.5) is 13.2 Å². The maximum Gasteiger partial charge on any atom is 0.433 e. The van der Waals surface area contributed by atoms with Crippen molar-refractivity contribution in [2.45, 2.75) is 25.6 Å². The van der Waals surface area contributed by atoms with Crippen LogP contribution in [0, 0.1) is 0 Å². The quantitative estimate of drug-likeness (QED) is 0.780. The van der Waals surface area contributed by atoms with Crippen LogP contribution in [0.25, 0.3) is 20.7 Å². The number of aromatic nitrogens is 4. The van der Waals surface area contributed by atoms with Gasteiger partial charge in [0, 0.05) is 16.6 Å². The summed E-state index contributed by atoms with van der Waals surface area (Å²) in [6.45, 7) is 2.77. The molecule has 1 aliphatic rings. The molecule has 1 aliphatic heterocycles. The number of halogens is 3. The SMILES string of the molecule is FC(F)(F)c1[nH]ncc1-c1cc2nc(CN3CCCC3)ncc2s1.